The summed E-state index contributed by atoms with van der Waals surface area (Å²) in [7, 11) is 0. The van der Waals surface area contributed by atoms with Crippen molar-refractivity contribution in [3.8, 4) is 5.75 Å². The highest BCUT2D eigenvalue weighted by Gasteiger charge is 2.33. The molecule has 1 aromatic carbocycles. The molecule has 0 radical (unpaired) electrons. The van der Waals surface area contributed by atoms with Crippen LogP contribution in [-0.2, 0) is 0 Å². The SMILES string of the molecule is CC1=C(n2ccccc2=O)c2cc(F)ccc2OC1(C)C. The number of rotatable bonds is 1. The first-order chi connectivity index (χ1) is 9.90. The Morgan fingerprint density at radius 1 is 1.19 bits per heavy atom. The average molecular weight is 285 g/mol. The molecule has 1 aliphatic heterocycles. The predicted octanol–water partition coefficient (Wildman–Crippen LogP) is 3.44. The molecule has 0 spiro atoms. The van der Waals surface area contributed by atoms with Crippen molar-refractivity contribution in [2.24, 2.45) is 0 Å². The van der Waals surface area contributed by atoms with Crippen LogP contribution in [0.3, 0.4) is 0 Å². The Hall–Kier alpha value is -2.36. The van der Waals surface area contributed by atoms with Crippen LogP contribution in [0.5, 0.6) is 5.75 Å². The first kappa shape index (κ1) is 13.6. The van der Waals surface area contributed by atoms with Crippen LogP contribution in [0.2, 0.25) is 0 Å². The highest BCUT2D eigenvalue weighted by molar-refractivity contribution is 5.76. The number of benzene rings is 1. The molecule has 108 valence electrons. The van der Waals surface area contributed by atoms with Crippen LogP contribution >= 0.6 is 0 Å². The van der Waals surface area contributed by atoms with Crippen LogP contribution in [0.4, 0.5) is 4.39 Å². The Bertz CT molecular complexity index is 802. The van der Waals surface area contributed by atoms with Crippen molar-refractivity contribution in [2.75, 3.05) is 0 Å². The van der Waals surface area contributed by atoms with E-state index in [1.165, 1.54) is 22.8 Å². The molecule has 2 aromatic rings. The summed E-state index contributed by atoms with van der Waals surface area (Å²) in [6.45, 7) is 5.77. The van der Waals surface area contributed by atoms with E-state index in [0.717, 1.165) is 5.57 Å². The van der Waals surface area contributed by atoms with Gasteiger partial charge in [0, 0.05) is 17.8 Å². The summed E-state index contributed by atoms with van der Waals surface area (Å²) in [5, 5.41) is 0. The summed E-state index contributed by atoms with van der Waals surface area (Å²) in [6.07, 6.45) is 1.69. The number of fused-ring (bicyclic) bond motifs is 1. The lowest BCUT2D eigenvalue weighted by molar-refractivity contribution is 0.143. The van der Waals surface area contributed by atoms with Gasteiger partial charge in [0.15, 0.2) is 0 Å². The monoisotopic (exact) mass is 285 g/mol. The van der Waals surface area contributed by atoms with Gasteiger partial charge >= 0.3 is 0 Å². The van der Waals surface area contributed by atoms with Gasteiger partial charge in [0.05, 0.1) is 5.70 Å². The molecule has 1 aliphatic rings. The van der Waals surface area contributed by atoms with Gasteiger partial charge in [-0.3, -0.25) is 9.36 Å². The summed E-state index contributed by atoms with van der Waals surface area (Å²) in [6, 6.07) is 9.33. The lowest BCUT2D eigenvalue weighted by Gasteiger charge is -2.36. The summed E-state index contributed by atoms with van der Waals surface area (Å²) < 4.78 is 21.1. The Morgan fingerprint density at radius 2 is 1.95 bits per heavy atom. The van der Waals surface area contributed by atoms with Crippen molar-refractivity contribution in [1.29, 1.82) is 0 Å². The fourth-order valence-electron chi connectivity index (χ4n) is 2.54. The number of halogens is 1. The van der Waals surface area contributed by atoms with Gasteiger partial charge in [-0.1, -0.05) is 6.07 Å². The minimum absolute atomic E-state index is 0.153. The molecule has 0 unspecified atom stereocenters. The van der Waals surface area contributed by atoms with E-state index in [1.54, 1.807) is 24.4 Å². The van der Waals surface area contributed by atoms with E-state index < -0.39 is 5.60 Å². The van der Waals surface area contributed by atoms with E-state index in [0.29, 0.717) is 17.0 Å². The van der Waals surface area contributed by atoms with Crippen LogP contribution in [0.1, 0.15) is 26.3 Å². The fourth-order valence-corrected chi connectivity index (χ4v) is 2.54. The maximum atomic E-state index is 13.6. The van der Waals surface area contributed by atoms with Crippen molar-refractivity contribution in [3.63, 3.8) is 0 Å². The van der Waals surface area contributed by atoms with Crippen molar-refractivity contribution in [3.05, 3.63) is 69.9 Å². The van der Waals surface area contributed by atoms with Crippen LogP contribution in [0.15, 0.2) is 53.0 Å². The second-order valence-corrected chi connectivity index (χ2v) is 5.64. The molecule has 0 aliphatic carbocycles. The van der Waals surface area contributed by atoms with Gasteiger partial charge in [0.25, 0.3) is 5.56 Å². The van der Waals surface area contributed by atoms with E-state index >= 15 is 0 Å². The zero-order chi connectivity index (χ0) is 15.2. The number of nitrogens with zero attached hydrogens (tertiary/aromatic N) is 1. The second-order valence-electron chi connectivity index (χ2n) is 5.64. The Labute approximate surface area is 122 Å². The number of hydrogen-bond acceptors (Lipinski definition) is 2. The largest absolute Gasteiger partial charge is 0.483 e. The van der Waals surface area contributed by atoms with Gasteiger partial charge in [-0.25, -0.2) is 4.39 Å². The lowest BCUT2D eigenvalue weighted by atomic mass is 9.90. The Kier molecular flexibility index (Phi) is 2.97. The van der Waals surface area contributed by atoms with Crippen LogP contribution < -0.4 is 10.3 Å². The molecule has 0 fully saturated rings. The van der Waals surface area contributed by atoms with Crippen LogP contribution in [-0.4, -0.2) is 10.2 Å². The van der Waals surface area contributed by atoms with E-state index in [4.69, 9.17) is 4.74 Å². The molecule has 0 N–H and O–H groups in total. The fraction of sp³-hybridized carbons (Fsp3) is 0.235. The molecule has 0 amide bonds. The number of aromatic nitrogens is 1. The van der Waals surface area contributed by atoms with Crippen LogP contribution in [0.25, 0.3) is 5.70 Å². The summed E-state index contributed by atoms with van der Waals surface area (Å²) in [5.74, 6) is 0.226. The molecule has 4 heteroatoms. The number of ether oxygens (including phenoxy) is 1. The Morgan fingerprint density at radius 3 is 2.67 bits per heavy atom. The normalized spacial score (nSPS) is 16.4. The van der Waals surface area contributed by atoms with Gasteiger partial charge < -0.3 is 4.74 Å². The standard InChI is InChI=1S/C17H16FNO2/c1-11-16(19-9-5-4-6-15(19)20)13-10-12(18)7-8-14(13)21-17(11,2)3/h4-10H,1-3H3. The van der Waals surface area contributed by atoms with Crippen LogP contribution in [0, 0.1) is 5.82 Å². The summed E-state index contributed by atoms with van der Waals surface area (Å²) in [5.41, 5.74) is 1.45. The molecule has 3 rings (SSSR count). The van der Waals surface area contributed by atoms with Gasteiger partial charge in [0.2, 0.25) is 0 Å². The third-order valence-corrected chi connectivity index (χ3v) is 3.88. The lowest BCUT2D eigenvalue weighted by Crippen LogP contribution is -2.36. The molecule has 3 nitrogen and oxygen atoms in total. The molecule has 0 saturated heterocycles. The molecule has 0 saturated carbocycles. The van der Waals surface area contributed by atoms with E-state index in [9.17, 15) is 9.18 Å². The van der Waals surface area contributed by atoms with Gasteiger partial charge in [-0.2, -0.15) is 0 Å². The van der Waals surface area contributed by atoms with Crippen molar-refractivity contribution >= 4 is 5.70 Å². The van der Waals surface area contributed by atoms with Gasteiger partial charge in [-0.05, 0) is 50.6 Å². The molecule has 21 heavy (non-hydrogen) atoms. The zero-order valence-corrected chi connectivity index (χ0v) is 12.2. The van der Waals surface area contributed by atoms with Crippen molar-refractivity contribution in [1.82, 2.24) is 4.57 Å². The quantitative estimate of drug-likeness (QED) is 0.803. The van der Waals surface area contributed by atoms with E-state index in [1.807, 2.05) is 20.8 Å². The first-order valence-corrected chi connectivity index (χ1v) is 6.78. The Balaban J connectivity index is 2.37. The first-order valence-electron chi connectivity index (χ1n) is 6.78. The summed E-state index contributed by atoms with van der Waals surface area (Å²) >= 11 is 0. The van der Waals surface area contributed by atoms with E-state index in [-0.39, 0.29) is 11.4 Å². The molecule has 0 bridgehead atoms. The smallest absolute Gasteiger partial charge is 0.255 e. The number of hydrogen-bond donors (Lipinski definition) is 0. The highest BCUT2D eigenvalue weighted by atomic mass is 19.1. The van der Waals surface area contributed by atoms with Gasteiger partial charge in [0.1, 0.15) is 17.2 Å². The molecular weight excluding hydrogens is 269 g/mol. The third-order valence-electron chi connectivity index (χ3n) is 3.88. The zero-order valence-electron chi connectivity index (χ0n) is 12.2. The number of pyridine rings is 1. The molecule has 1 aromatic heterocycles. The minimum atomic E-state index is -0.560. The van der Waals surface area contributed by atoms with Crippen molar-refractivity contribution in [2.45, 2.75) is 26.4 Å². The maximum absolute atomic E-state index is 13.6. The predicted molar refractivity (Wildman–Crippen MR) is 79.8 cm³/mol. The molecular formula is C17H16FNO2. The second kappa shape index (κ2) is 4.58. The summed E-state index contributed by atoms with van der Waals surface area (Å²) in [4.78, 5) is 12.2. The van der Waals surface area contributed by atoms with Gasteiger partial charge in [-0.15, -0.1) is 0 Å². The average Bonchev–Trinajstić information content (AvgIpc) is 2.42. The topological polar surface area (TPSA) is 31.2 Å². The maximum Gasteiger partial charge on any atom is 0.255 e. The van der Waals surface area contributed by atoms with Crippen molar-refractivity contribution < 1.29 is 9.13 Å². The highest BCUT2D eigenvalue weighted by Crippen LogP contribution is 2.40. The third kappa shape index (κ3) is 2.17. The van der Waals surface area contributed by atoms with E-state index in [2.05, 4.69) is 0 Å². The minimum Gasteiger partial charge on any atom is -0.483 e. The molecule has 0 atom stereocenters. The molecule has 2 heterocycles.